The van der Waals surface area contributed by atoms with Crippen LogP contribution < -0.4 is 4.74 Å². The Kier molecular flexibility index (Phi) is 3.62. The van der Waals surface area contributed by atoms with Crippen LogP contribution in [0.25, 0.3) is 0 Å². The van der Waals surface area contributed by atoms with Crippen LogP contribution in [-0.4, -0.2) is 4.98 Å². The maximum atomic E-state index is 8.61. The van der Waals surface area contributed by atoms with Gasteiger partial charge in [0, 0.05) is 4.47 Å². The summed E-state index contributed by atoms with van der Waals surface area (Å²) in [6.45, 7) is 0. The van der Waals surface area contributed by atoms with Gasteiger partial charge in [-0.1, -0.05) is 27.5 Å². The minimum atomic E-state index is 0.347. The summed E-state index contributed by atoms with van der Waals surface area (Å²) in [7, 11) is 0. The molecule has 0 atom stereocenters. The third-order valence-corrected chi connectivity index (χ3v) is 2.76. The van der Waals surface area contributed by atoms with E-state index in [9.17, 15) is 0 Å². The van der Waals surface area contributed by atoms with E-state index in [0.717, 1.165) is 4.47 Å². The standard InChI is InChI=1S/C12H6BrClN2O/c13-8-1-4-12(11(14)5-8)17-10-3-2-9(6-15)16-7-10/h1-5,7H. The smallest absolute Gasteiger partial charge is 0.146 e. The predicted octanol–water partition coefficient (Wildman–Crippen LogP) is 4.16. The number of aromatic nitrogens is 1. The number of nitrogens with zero attached hydrogens (tertiary/aromatic N) is 2. The van der Waals surface area contributed by atoms with E-state index in [1.54, 1.807) is 24.3 Å². The van der Waals surface area contributed by atoms with Crippen LogP contribution in [0.3, 0.4) is 0 Å². The van der Waals surface area contributed by atoms with Gasteiger partial charge in [-0.25, -0.2) is 4.98 Å². The third kappa shape index (κ3) is 2.96. The first-order valence-corrected chi connectivity index (χ1v) is 5.85. The Morgan fingerprint density at radius 2 is 2.12 bits per heavy atom. The van der Waals surface area contributed by atoms with Gasteiger partial charge < -0.3 is 4.74 Å². The zero-order valence-electron chi connectivity index (χ0n) is 8.52. The first-order chi connectivity index (χ1) is 8.19. The number of pyridine rings is 1. The SMILES string of the molecule is N#Cc1ccc(Oc2ccc(Br)cc2Cl)cn1. The van der Waals surface area contributed by atoms with Crippen LogP contribution in [-0.2, 0) is 0 Å². The number of nitriles is 1. The van der Waals surface area contributed by atoms with Crippen molar-refractivity contribution in [2.45, 2.75) is 0 Å². The summed E-state index contributed by atoms with van der Waals surface area (Å²) < 4.78 is 6.42. The molecule has 0 amide bonds. The van der Waals surface area contributed by atoms with Crippen molar-refractivity contribution in [3.63, 3.8) is 0 Å². The molecule has 0 aliphatic rings. The lowest BCUT2D eigenvalue weighted by molar-refractivity contribution is 0.480. The summed E-state index contributed by atoms with van der Waals surface area (Å²) in [5.41, 5.74) is 0.347. The van der Waals surface area contributed by atoms with Gasteiger partial charge in [-0.3, -0.25) is 0 Å². The lowest BCUT2D eigenvalue weighted by Crippen LogP contribution is -1.88. The molecule has 1 aromatic heterocycles. The average Bonchev–Trinajstić information content (AvgIpc) is 2.34. The highest BCUT2D eigenvalue weighted by atomic mass is 79.9. The van der Waals surface area contributed by atoms with Crippen LogP contribution in [0.1, 0.15) is 5.69 Å². The molecule has 0 radical (unpaired) electrons. The molecule has 84 valence electrons. The van der Waals surface area contributed by atoms with E-state index < -0.39 is 0 Å². The fourth-order valence-electron chi connectivity index (χ4n) is 1.19. The highest BCUT2D eigenvalue weighted by Gasteiger charge is 2.04. The molecular formula is C12H6BrClN2O. The fraction of sp³-hybridized carbons (Fsp3) is 0. The molecule has 0 spiro atoms. The summed E-state index contributed by atoms with van der Waals surface area (Å²) in [5.74, 6) is 1.08. The molecule has 0 saturated heterocycles. The van der Waals surface area contributed by atoms with Gasteiger partial charge in [-0.05, 0) is 30.3 Å². The zero-order chi connectivity index (χ0) is 12.3. The van der Waals surface area contributed by atoms with Crippen LogP contribution in [0.2, 0.25) is 5.02 Å². The van der Waals surface area contributed by atoms with E-state index in [1.165, 1.54) is 6.20 Å². The average molecular weight is 310 g/mol. The monoisotopic (exact) mass is 308 g/mol. The van der Waals surface area contributed by atoms with Crippen molar-refractivity contribution in [2.75, 3.05) is 0 Å². The Bertz CT molecular complexity index is 578. The normalized spacial score (nSPS) is 9.71. The van der Waals surface area contributed by atoms with Gasteiger partial charge in [0.05, 0.1) is 11.2 Å². The number of hydrogen-bond acceptors (Lipinski definition) is 3. The van der Waals surface area contributed by atoms with E-state index in [-0.39, 0.29) is 0 Å². The number of benzene rings is 1. The van der Waals surface area contributed by atoms with Crippen molar-refractivity contribution in [1.29, 1.82) is 5.26 Å². The molecule has 0 aliphatic carbocycles. The molecule has 3 nitrogen and oxygen atoms in total. The van der Waals surface area contributed by atoms with Crippen molar-refractivity contribution < 1.29 is 4.74 Å². The number of rotatable bonds is 2. The highest BCUT2D eigenvalue weighted by molar-refractivity contribution is 9.10. The molecule has 1 aromatic carbocycles. The first kappa shape index (κ1) is 11.9. The van der Waals surface area contributed by atoms with Crippen molar-refractivity contribution in [3.05, 3.63) is 51.7 Å². The quantitative estimate of drug-likeness (QED) is 0.836. The Morgan fingerprint density at radius 1 is 1.29 bits per heavy atom. The minimum absolute atomic E-state index is 0.347. The van der Waals surface area contributed by atoms with E-state index in [0.29, 0.717) is 22.2 Å². The minimum Gasteiger partial charge on any atom is -0.454 e. The van der Waals surface area contributed by atoms with Gasteiger partial charge in [0.25, 0.3) is 0 Å². The molecule has 0 saturated carbocycles. The van der Waals surface area contributed by atoms with Gasteiger partial charge in [-0.2, -0.15) is 5.26 Å². The van der Waals surface area contributed by atoms with Gasteiger partial charge in [0.2, 0.25) is 0 Å². The van der Waals surface area contributed by atoms with Gasteiger partial charge in [0.1, 0.15) is 23.3 Å². The van der Waals surface area contributed by atoms with E-state index in [4.69, 9.17) is 21.6 Å². The second kappa shape index (κ2) is 5.17. The van der Waals surface area contributed by atoms with E-state index in [2.05, 4.69) is 20.9 Å². The van der Waals surface area contributed by atoms with E-state index in [1.807, 2.05) is 12.1 Å². The second-order valence-electron chi connectivity index (χ2n) is 3.17. The molecule has 1 heterocycles. The third-order valence-electron chi connectivity index (χ3n) is 1.97. The molecule has 0 unspecified atom stereocenters. The predicted molar refractivity (Wildman–Crippen MR) is 68.2 cm³/mol. The summed E-state index contributed by atoms with van der Waals surface area (Å²) in [6, 6.07) is 10.5. The zero-order valence-corrected chi connectivity index (χ0v) is 10.9. The van der Waals surface area contributed by atoms with Gasteiger partial charge in [0.15, 0.2) is 0 Å². The molecule has 17 heavy (non-hydrogen) atoms. The molecule has 0 N–H and O–H groups in total. The molecule has 2 aromatic rings. The molecule has 0 fully saturated rings. The van der Waals surface area contributed by atoms with Crippen LogP contribution in [0.5, 0.6) is 11.5 Å². The van der Waals surface area contributed by atoms with Crippen LogP contribution in [0, 0.1) is 11.3 Å². The molecule has 0 bridgehead atoms. The summed E-state index contributed by atoms with van der Waals surface area (Å²) in [4.78, 5) is 3.90. The topological polar surface area (TPSA) is 45.9 Å². The van der Waals surface area contributed by atoms with Crippen molar-refractivity contribution in [2.24, 2.45) is 0 Å². The number of hydrogen-bond donors (Lipinski definition) is 0. The maximum Gasteiger partial charge on any atom is 0.146 e. The Balaban J connectivity index is 2.23. The van der Waals surface area contributed by atoms with Gasteiger partial charge in [-0.15, -0.1) is 0 Å². The van der Waals surface area contributed by atoms with E-state index >= 15 is 0 Å². The Morgan fingerprint density at radius 3 is 2.71 bits per heavy atom. The summed E-state index contributed by atoms with van der Waals surface area (Å²) in [6.07, 6.45) is 1.48. The van der Waals surface area contributed by atoms with Crippen LogP contribution in [0.15, 0.2) is 41.0 Å². The second-order valence-corrected chi connectivity index (χ2v) is 4.49. The Labute approximate surface area is 112 Å². The molecule has 0 aliphatic heterocycles. The summed E-state index contributed by atoms with van der Waals surface area (Å²) >= 11 is 9.32. The van der Waals surface area contributed by atoms with Gasteiger partial charge >= 0.3 is 0 Å². The fourth-order valence-corrected chi connectivity index (χ4v) is 1.90. The maximum absolute atomic E-state index is 8.61. The Hall–Kier alpha value is -1.57. The number of halogens is 2. The molecular weight excluding hydrogens is 304 g/mol. The van der Waals surface area contributed by atoms with Crippen molar-refractivity contribution in [1.82, 2.24) is 4.98 Å². The van der Waals surface area contributed by atoms with Crippen molar-refractivity contribution in [3.8, 4) is 17.6 Å². The first-order valence-electron chi connectivity index (χ1n) is 4.68. The largest absolute Gasteiger partial charge is 0.454 e. The lowest BCUT2D eigenvalue weighted by Gasteiger charge is -2.07. The lowest BCUT2D eigenvalue weighted by atomic mass is 10.3. The number of ether oxygens (including phenoxy) is 1. The van der Waals surface area contributed by atoms with Crippen LogP contribution in [0.4, 0.5) is 0 Å². The van der Waals surface area contributed by atoms with Crippen LogP contribution >= 0.6 is 27.5 Å². The molecule has 5 heteroatoms. The molecule has 2 rings (SSSR count). The summed E-state index contributed by atoms with van der Waals surface area (Å²) in [5, 5.41) is 9.12. The highest BCUT2D eigenvalue weighted by Crippen LogP contribution is 2.31. The van der Waals surface area contributed by atoms with Crippen molar-refractivity contribution >= 4 is 27.5 Å².